The van der Waals surface area contributed by atoms with Crippen LogP contribution in [0.1, 0.15) is 49.3 Å². The van der Waals surface area contributed by atoms with Crippen LogP contribution in [0.2, 0.25) is 0 Å². The number of benzene rings is 2. The van der Waals surface area contributed by atoms with Crippen molar-refractivity contribution in [2.45, 2.75) is 46.0 Å². The minimum absolute atomic E-state index is 0.178. The molecular formula is C24H30N2O3. The largest absolute Gasteiger partial charge is 0.497 e. The molecule has 1 aliphatic carbocycles. The number of amides is 2. The first-order valence-corrected chi connectivity index (χ1v) is 10.2. The summed E-state index contributed by atoms with van der Waals surface area (Å²) in [6.45, 7) is 6.68. The summed E-state index contributed by atoms with van der Waals surface area (Å²) in [4.78, 5) is 25.7. The van der Waals surface area contributed by atoms with Gasteiger partial charge in [0.15, 0.2) is 0 Å². The highest BCUT2D eigenvalue weighted by Gasteiger charge is 2.56. The molecule has 3 rings (SSSR count). The highest BCUT2D eigenvalue weighted by molar-refractivity contribution is 6.13. The minimum Gasteiger partial charge on any atom is -0.497 e. The molecule has 2 aromatic carbocycles. The molecule has 0 aliphatic heterocycles. The van der Waals surface area contributed by atoms with Gasteiger partial charge < -0.3 is 15.4 Å². The molecule has 0 bridgehead atoms. The Bertz CT molecular complexity index is 883. The van der Waals surface area contributed by atoms with E-state index in [0.717, 1.165) is 28.1 Å². The molecule has 5 heteroatoms. The van der Waals surface area contributed by atoms with E-state index in [4.69, 9.17) is 4.74 Å². The van der Waals surface area contributed by atoms with Crippen LogP contribution in [-0.4, -0.2) is 25.5 Å². The van der Waals surface area contributed by atoms with Crippen LogP contribution in [0.15, 0.2) is 42.5 Å². The number of nitrogens with one attached hydrogen (secondary N) is 2. The molecule has 2 amide bonds. The van der Waals surface area contributed by atoms with E-state index in [0.29, 0.717) is 31.7 Å². The molecule has 0 radical (unpaired) electrons. The molecule has 29 heavy (non-hydrogen) atoms. The SMILES string of the molecule is COc1ccc(CCNC(=O)C2(C(=O)Nc3c(C)cccc3C(C)C)CC2)cc1. The molecule has 5 nitrogen and oxygen atoms in total. The van der Waals surface area contributed by atoms with Crippen molar-refractivity contribution in [1.82, 2.24) is 5.32 Å². The van der Waals surface area contributed by atoms with E-state index in [1.54, 1.807) is 7.11 Å². The highest BCUT2D eigenvalue weighted by atomic mass is 16.5. The van der Waals surface area contributed by atoms with Gasteiger partial charge in [-0.25, -0.2) is 0 Å². The third-order valence-electron chi connectivity index (χ3n) is 5.64. The van der Waals surface area contributed by atoms with Gasteiger partial charge in [0, 0.05) is 12.2 Å². The van der Waals surface area contributed by atoms with Crippen molar-refractivity contribution in [2.75, 3.05) is 19.0 Å². The zero-order valence-electron chi connectivity index (χ0n) is 17.7. The molecule has 0 heterocycles. The van der Waals surface area contributed by atoms with Crippen LogP contribution < -0.4 is 15.4 Å². The summed E-state index contributed by atoms with van der Waals surface area (Å²) in [6, 6.07) is 13.8. The molecule has 154 valence electrons. The standard InChI is InChI=1S/C24H30N2O3/c1-16(2)20-7-5-6-17(3)21(20)26-23(28)24(13-14-24)22(27)25-15-12-18-8-10-19(29-4)11-9-18/h5-11,16H,12-15H2,1-4H3,(H,25,27)(H,26,28). The lowest BCUT2D eigenvalue weighted by molar-refractivity contribution is -0.134. The van der Waals surface area contributed by atoms with Gasteiger partial charge in [-0.15, -0.1) is 0 Å². The smallest absolute Gasteiger partial charge is 0.240 e. The molecule has 2 N–H and O–H groups in total. The number of aryl methyl sites for hydroxylation is 1. The van der Waals surface area contributed by atoms with Gasteiger partial charge in [-0.3, -0.25) is 9.59 Å². The van der Waals surface area contributed by atoms with Gasteiger partial charge in [0.05, 0.1) is 7.11 Å². The predicted molar refractivity (Wildman–Crippen MR) is 115 cm³/mol. The van der Waals surface area contributed by atoms with Crippen LogP contribution in [-0.2, 0) is 16.0 Å². The topological polar surface area (TPSA) is 67.4 Å². The van der Waals surface area contributed by atoms with E-state index in [9.17, 15) is 9.59 Å². The molecule has 0 aromatic heterocycles. The number of ether oxygens (including phenoxy) is 1. The van der Waals surface area contributed by atoms with E-state index in [-0.39, 0.29) is 11.8 Å². The van der Waals surface area contributed by atoms with Gasteiger partial charge in [-0.1, -0.05) is 44.2 Å². The van der Waals surface area contributed by atoms with Gasteiger partial charge in [0.2, 0.25) is 11.8 Å². The van der Waals surface area contributed by atoms with Crippen LogP contribution in [0.25, 0.3) is 0 Å². The lowest BCUT2D eigenvalue weighted by Gasteiger charge is -2.20. The van der Waals surface area contributed by atoms with E-state index in [1.807, 2.05) is 49.4 Å². The van der Waals surface area contributed by atoms with Gasteiger partial charge in [-0.2, -0.15) is 0 Å². The molecular weight excluding hydrogens is 364 g/mol. The molecule has 1 fully saturated rings. The Kier molecular flexibility index (Phi) is 6.26. The maximum absolute atomic E-state index is 13.0. The van der Waals surface area contributed by atoms with Gasteiger partial charge >= 0.3 is 0 Å². The Balaban J connectivity index is 1.60. The number of rotatable bonds is 8. The van der Waals surface area contributed by atoms with Crippen molar-refractivity contribution >= 4 is 17.5 Å². The van der Waals surface area contributed by atoms with Crippen molar-refractivity contribution in [3.8, 4) is 5.75 Å². The second kappa shape index (κ2) is 8.68. The van der Waals surface area contributed by atoms with Crippen LogP contribution in [0, 0.1) is 12.3 Å². The first kappa shape index (κ1) is 20.9. The summed E-state index contributed by atoms with van der Waals surface area (Å²) in [5.41, 5.74) is 3.12. The average Bonchev–Trinajstić information content (AvgIpc) is 3.52. The lowest BCUT2D eigenvalue weighted by atomic mass is 9.97. The fourth-order valence-electron chi connectivity index (χ4n) is 3.54. The fraction of sp³-hybridized carbons (Fsp3) is 0.417. The summed E-state index contributed by atoms with van der Waals surface area (Å²) < 4.78 is 5.16. The number of methoxy groups -OCH3 is 1. The normalized spacial score (nSPS) is 14.4. The second-order valence-electron chi connectivity index (χ2n) is 8.08. The minimum atomic E-state index is -0.934. The fourth-order valence-corrected chi connectivity index (χ4v) is 3.54. The van der Waals surface area contributed by atoms with Gasteiger partial charge in [0.25, 0.3) is 0 Å². The summed E-state index contributed by atoms with van der Waals surface area (Å²) in [5, 5.41) is 6.00. The third kappa shape index (κ3) is 4.61. The first-order valence-electron chi connectivity index (χ1n) is 10.2. The average molecular weight is 395 g/mol. The Morgan fingerprint density at radius 1 is 1.07 bits per heavy atom. The molecule has 1 aliphatic rings. The quantitative estimate of drug-likeness (QED) is 0.659. The molecule has 2 aromatic rings. The Labute approximate surface area is 172 Å². The Morgan fingerprint density at radius 3 is 2.34 bits per heavy atom. The summed E-state index contributed by atoms with van der Waals surface area (Å²) >= 11 is 0. The van der Waals surface area contributed by atoms with Gasteiger partial charge in [0.1, 0.15) is 11.2 Å². The number of carbonyl (C=O) groups excluding carboxylic acids is 2. The van der Waals surface area contributed by atoms with Crippen molar-refractivity contribution in [3.05, 3.63) is 59.2 Å². The maximum atomic E-state index is 13.0. The third-order valence-corrected chi connectivity index (χ3v) is 5.64. The van der Waals surface area contributed by atoms with E-state index in [1.165, 1.54) is 0 Å². The lowest BCUT2D eigenvalue weighted by Crippen LogP contribution is -2.41. The highest BCUT2D eigenvalue weighted by Crippen LogP contribution is 2.47. The Morgan fingerprint density at radius 2 is 1.76 bits per heavy atom. The van der Waals surface area contributed by atoms with E-state index >= 15 is 0 Å². The van der Waals surface area contributed by atoms with Crippen molar-refractivity contribution in [3.63, 3.8) is 0 Å². The molecule has 1 saturated carbocycles. The molecule has 0 saturated heterocycles. The van der Waals surface area contributed by atoms with Crippen molar-refractivity contribution in [1.29, 1.82) is 0 Å². The maximum Gasteiger partial charge on any atom is 0.240 e. The zero-order chi connectivity index (χ0) is 21.0. The van der Waals surface area contributed by atoms with Gasteiger partial charge in [-0.05, 0) is 60.9 Å². The summed E-state index contributed by atoms with van der Waals surface area (Å²) in [6.07, 6.45) is 1.90. The second-order valence-corrected chi connectivity index (χ2v) is 8.08. The van der Waals surface area contributed by atoms with Crippen LogP contribution in [0.5, 0.6) is 5.75 Å². The van der Waals surface area contributed by atoms with E-state index in [2.05, 4.69) is 24.5 Å². The van der Waals surface area contributed by atoms with Crippen LogP contribution in [0.4, 0.5) is 5.69 Å². The zero-order valence-corrected chi connectivity index (χ0v) is 17.7. The van der Waals surface area contributed by atoms with E-state index < -0.39 is 5.41 Å². The molecule has 0 atom stereocenters. The number of para-hydroxylation sites is 1. The number of carbonyl (C=O) groups is 2. The summed E-state index contributed by atoms with van der Waals surface area (Å²) in [7, 11) is 1.64. The molecule has 0 spiro atoms. The number of anilines is 1. The van der Waals surface area contributed by atoms with Crippen molar-refractivity contribution in [2.24, 2.45) is 5.41 Å². The predicted octanol–water partition coefficient (Wildman–Crippen LogP) is 4.20. The first-order chi connectivity index (χ1) is 13.9. The monoisotopic (exact) mass is 394 g/mol. The molecule has 0 unspecified atom stereocenters. The van der Waals surface area contributed by atoms with Crippen LogP contribution >= 0.6 is 0 Å². The summed E-state index contributed by atoms with van der Waals surface area (Å²) in [5.74, 6) is 0.723. The van der Waals surface area contributed by atoms with Crippen molar-refractivity contribution < 1.29 is 14.3 Å². The number of hydrogen-bond donors (Lipinski definition) is 2. The van der Waals surface area contributed by atoms with Crippen LogP contribution in [0.3, 0.4) is 0 Å². The Hall–Kier alpha value is -2.82. The number of hydrogen-bond acceptors (Lipinski definition) is 3.